The van der Waals surface area contributed by atoms with Gasteiger partial charge in [-0.1, -0.05) is 35.5 Å². The van der Waals surface area contributed by atoms with Crippen LogP contribution in [-0.4, -0.2) is 29.8 Å². The third kappa shape index (κ3) is 4.78. The van der Waals surface area contributed by atoms with Gasteiger partial charge in [-0.2, -0.15) is 0 Å². The van der Waals surface area contributed by atoms with Gasteiger partial charge in [0.05, 0.1) is 0 Å². The summed E-state index contributed by atoms with van der Waals surface area (Å²) in [6, 6.07) is 9.26. The molecule has 120 valence electrons. The molecule has 1 aromatic carbocycles. The lowest BCUT2D eigenvalue weighted by Crippen LogP contribution is -2.25. The number of hydrogen-bond donors (Lipinski definition) is 2. The molecule has 2 amide bonds. The highest BCUT2D eigenvalue weighted by Gasteiger charge is 2.16. The number of rotatable bonds is 6. The molecule has 2 rings (SSSR count). The Kier molecular flexibility index (Phi) is 5.64. The van der Waals surface area contributed by atoms with E-state index in [2.05, 4.69) is 20.3 Å². The molecule has 23 heavy (non-hydrogen) atoms. The molecule has 0 atom stereocenters. The van der Waals surface area contributed by atoms with Crippen molar-refractivity contribution < 1.29 is 19.2 Å². The van der Waals surface area contributed by atoms with E-state index in [4.69, 9.17) is 10.5 Å². The minimum Gasteiger partial charge on any atom is -0.444 e. The summed E-state index contributed by atoms with van der Waals surface area (Å²) in [5, 5.41) is 7.75. The van der Waals surface area contributed by atoms with Gasteiger partial charge >= 0.3 is 6.09 Å². The number of carbonyl (C=O) groups excluding carboxylic acids is 2. The first-order valence-electron chi connectivity index (χ1n) is 6.44. The predicted molar refractivity (Wildman–Crippen MR) is 85.1 cm³/mol. The maximum absolute atomic E-state index is 11.7. The van der Waals surface area contributed by atoms with E-state index in [1.165, 1.54) is 12.5 Å². The van der Waals surface area contributed by atoms with Crippen LogP contribution >= 0.6 is 11.3 Å². The van der Waals surface area contributed by atoms with Crippen LogP contribution in [0.1, 0.15) is 11.3 Å². The number of anilines is 1. The summed E-state index contributed by atoms with van der Waals surface area (Å²) >= 11 is 1.10. The van der Waals surface area contributed by atoms with Crippen LogP contribution in [0.2, 0.25) is 0 Å². The summed E-state index contributed by atoms with van der Waals surface area (Å²) in [6.07, 6.45) is -0.654. The van der Waals surface area contributed by atoms with Crippen LogP contribution in [0.3, 0.4) is 0 Å². The Morgan fingerprint density at radius 2 is 2.09 bits per heavy atom. The van der Waals surface area contributed by atoms with Gasteiger partial charge in [-0.3, -0.25) is 10.1 Å². The summed E-state index contributed by atoms with van der Waals surface area (Å²) in [7, 11) is 1.29. The molecule has 0 saturated carbocycles. The molecule has 8 nitrogen and oxygen atoms in total. The van der Waals surface area contributed by atoms with Crippen molar-refractivity contribution in [3.05, 3.63) is 47.0 Å². The van der Waals surface area contributed by atoms with Gasteiger partial charge in [0.2, 0.25) is 0 Å². The van der Waals surface area contributed by atoms with E-state index in [0.29, 0.717) is 0 Å². The van der Waals surface area contributed by atoms with Gasteiger partial charge in [0.15, 0.2) is 10.8 Å². The van der Waals surface area contributed by atoms with E-state index in [0.717, 1.165) is 16.9 Å². The van der Waals surface area contributed by atoms with Crippen LogP contribution in [0.15, 0.2) is 40.9 Å². The molecule has 0 bridgehead atoms. The van der Waals surface area contributed by atoms with Crippen molar-refractivity contribution >= 4 is 34.2 Å². The second-order valence-electron chi connectivity index (χ2n) is 4.21. The Labute approximate surface area is 135 Å². The van der Waals surface area contributed by atoms with Crippen molar-refractivity contribution in [3.63, 3.8) is 0 Å². The highest BCUT2D eigenvalue weighted by Crippen LogP contribution is 2.16. The smallest absolute Gasteiger partial charge is 0.413 e. The first-order chi connectivity index (χ1) is 11.1. The van der Waals surface area contributed by atoms with Gasteiger partial charge in [-0.05, 0) is 5.56 Å². The van der Waals surface area contributed by atoms with E-state index in [1.807, 2.05) is 30.3 Å². The number of amides is 2. The number of oxime groups is 1. The quantitative estimate of drug-likeness (QED) is 0.616. The number of primary amides is 1. The zero-order valence-corrected chi connectivity index (χ0v) is 13.0. The standard InChI is InChI=1S/C14H14N4O4S/c1-21-18-11(12(15)19)10-8-23-13(16-10)17-14(20)22-7-9-5-3-2-4-6-9/h2-6,8H,7H2,1H3,(H2,15,19)(H,16,17,20). The number of nitrogens with one attached hydrogen (secondary N) is 1. The summed E-state index contributed by atoms with van der Waals surface area (Å²) in [6.45, 7) is 0.141. The number of nitrogens with zero attached hydrogens (tertiary/aromatic N) is 2. The van der Waals surface area contributed by atoms with Crippen LogP contribution in [0.25, 0.3) is 0 Å². The van der Waals surface area contributed by atoms with E-state index in [-0.39, 0.29) is 23.1 Å². The van der Waals surface area contributed by atoms with Gasteiger partial charge < -0.3 is 15.3 Å². The molecule has 3 N–H and O–H groups in total. The SMILES string of the molecule is CON=C(C(N)=O)c1csc(NC(=O)OCc2ccccc2)n1. The Bertz CT molecular complexity index is 715. The van der Waals surface area contributed by atoms with Crippen LogP contribution in [0.4, 0.5) is 9.93 Å². The predicted octanol–water partition coefficient (Wildman–Crippen LogP) is 1.73. The zero-order chi connectivity index (χ0) is 16.7. The molecule has 0 aliphatic rings. The van der Waals surface area contributed by atoms with Gasteiger partial charge in [-0.15, -0.1) is 11.3 Å². The maximum atomic E-state index is 11.7. The van der Waals surface area contributed by atoms with Crippen molar-refractivity contribution in [2.45, 2.75) is 6.61 Å². The molecule has 9 heteroatoms. The first kappa shape index (κ1) is 16.4. The Hall–Kier alpha value is -2.94. The van der Waals surface area contributed by atoms with Gasteiger partial charge in [0, 0.05) is 5.38 Å². The lowest BCUT2D eigenvalue weighted by Gasteiger charge is -2.04. The number of ether oxygens (including phenoxy) is 1. The molecule has 0 unspecified atom stereocenters. The van der Waals surface area contributed by atoms with Crippen molar-refractivity contribution in [2.75, 3.05) is 12.4 Å². The van der Waals surface area contributed by atoms with Crippen LogP contribution in [-0.2, 0) is 21.0 Å². The molecular weight excluding hydrogens is 320 g/mol. The van der Waals surface area contributed by atoms with E-state index < -0.39 is 12.0 Å². The zero-order valence-electron chi connectivity index (χ0n) is 12.2. The third-order valence-electron chi connectivity index (χ3n) is 2.58. The molecule has 0 fully saturated rings. The Balaban J connectivity index is 1.94. The van der Waals surface area contributed by atoms with E-state index in [1.54, 1.807) is 0 Å². The second-order valence-corrected chi connectivity index (χ2v) is 5.07. The summed E-state index contributed by atoms with van der Waals surface area (Å²) in [5.41, 5.74) is 6.13. The lowest BCUT2D eigenvalue weighted by atomic mass is 10.2. The average molecular weight is 334 g/mol. The third-order valence-corrected chi connectivity index (χ3v) is 3.34. The number of benzene rings is 1. The average Bonchev–Trinajstić information content (AvgIpc) is 2.99. The summed E-state index contributed by atoms with van der Waals surface area (Å²) < 4.78 is 5.07. The van der Waals surface area contributed by atoms with E-state index >= 15 is 0 Å². The fraction of sp³-hybridized carbons (Fsp3) is 0.143. The summed E-state index contributed by atoms with van der Waals surface area (Å²) in [4.78, 5) is 31.5. The minimum absolute atomic E-state index is 0.130. The maximum Gasteiger partial charge on any atom is 0.413 e. The minimum atomic E-state index is -0.782. The number of thiazole rings is 1. The topological polar surface area (TPSA) is 116 Å². The van der Waals surface area contributed by atoms with Crippen molar-refractivity contribution in [3.8, 4) is 0 Å². The fourth-order valence-corrected chi connectivity index (χ4v) is 2.28. The van der Waals surface area contributed by atoms with Crippen molar-refractivity contribution in [2.24, 2.45) is 10.9 Å². The molecule has 2 aromatic rings. The normalized spacial score (nSPS) is 10.9. The van der Waals surface area contributed by atoms with Crippen molar-refractivity contribution in [1.29, 1.82) is 0 Å². The van der Waals surface area contributed by atoms with Gasteiger partial charge in [-0.25, -0.2) is 9.78 Å². The molecule has 0 aliphatic carbocycles. The molecule has 1 heterocycles. The number of hydrogen-bond acceptors (Lipinski definition) is 7. The largest absolute Gasteiger partial charge is 0.444 e. The van der Waals surface area contributed by atoms with Gasteiger partial charge in [0.1, 0.15) is 19.4 Å². The van der Waals surface area contributed by atoms with Crippen molar-refractivity contribution in [1.82, 2.24) is 4.98 Å². The highest BCUT2D eigenvalue weighted by molar-refractivity contribution is 7.14. The molecule has 0 radical (unpaired) electrons. The number of aromatic nitrogens is 1. The Morgan fingerprint density at radius 1 is 1.35 bits per heavy atom. The number of carbonyl (C=O) groups is 2. The fourth-order valence-electron chi connectivity index (χ4n) is 1.60. The highest BCUT2D eigenvalue weighted by atomic mass is 32.1. The van der Waals surface area contributed by atoms with Crippen LogP contribution < -0.4 is 11.1 Å². The monoisotopic (exact) mass is 334 g/mol. The Morgan fingerprint density at radius 3 is 2.74 bits per heavy atom. The van der Waals surface area contributed by atoms with Crippen LogP contribution in [0.5, 0.6) is 0 Å². The molecule has 0 saturated heterocycles. The van der Waals surface area contributed by atoms with E-state index in [9.17, 15) is 9.59 Å². The summed E-state index contributed by atoms with van der Waals surface area (Å²) in [5.74, 6) is -0.782. The second kappa shape index (κ2) is 7.90. The van der Waals surface area contributed by atoms with Crippen LogP contribution in [0, 0.1) is 0 Å². The molecule has 0 spiro atoms. The molecule has 0 aliphatic heterocycles. The first-order valence-corrected chi connectivity index (χ1v) is 7.32. The molecular formula is C14H14N4O4S. The number of nitrogens with two attached hydrogens (primary N) is 1. The lowest BCUT2D eigenvalue weighted by molar-refractivity contribution is -0.112. The van der Waals surface area contributed by atoms with Gasteiger partial charge in [0.25, 0.3) is 5.91 Å². The molecule has 1 aromatic heterocycles.